The molecule has 0 aliphatic carbocycles. The molecular weight excluding hydrogens is 625 g/mol. The minimum Gasteiger partial charge on any atom is -0.324 e. The topological polar surface area (TPSA) is 105 Å². The summed E-state index contributed by atoms with van der Waals surface area (Å²) in [4.78, 5) is 13.9. The number of rotatable bonds is 13. The highest BCUT2D eigenvalue weighted by atomic mass is 32.2. The fourth-order valence-corrected chi connectivity index (χ4v) is 7.62. The average molecular weight is 667 g/mol. The lowest BCUT2D eigenvalue weighted by Crippen LogP contribution is -2.53. The molecule has 250 valence electrons. The molecule has 1 heterocycles. The van der Waals surface area contributed by atoms with Crippen LogP contribution in [-0.2, 0) is 14.8 Å². The van der Waals surface area contributed by atoms with Gasteiger partial charge in [-0.05, 0) is 92.3 Å². The van der Waals surface area contributed by atoms with Gasteiger partial charge in [-0.3, -0.25) is 4.79 Å². The zero-order valence-corrected chi connectivity index (χ0v) is 27.4. The highest BCUT2D eigenvalue weighted by molar-refractivity contribution is 7.89. The van der Waals surface area contributed by atoms with E-state index in [1.54, 1.807) is 43.3 Å². The summed E-state index contributed by atoms with van der Waals surface area (Å²) < 4.78 is 71.9. The van der Waals surface area contributed by atoms with Crippen LogP contribution in [0.15, 0.2) is 114 Å². The Morgan fingerprint density at radius 2 is 1.79 bits per heavy atom. The molecule has 1 saturated heterocycles. The number of piperazine rings is 1. The minimum atomic E-state index is -3.73. The van der Waals surface area contributed by atoms with Crippen LogP contribution in [0.25, 0.3) is 0 Å². The Kier molecular flexibility index (Phi) is 12.3. The Morgan fingerprint density at radius 3 is 2.43 bits per heavy atom. The molecule has 0 bridgehead atoms. The molecule has 0 spiro atoms. The molecule has 1 aliphatic heterocycles. The van der Waals surface area contributed by atoms with E-state index in [0.29, 0.717) is 49.2 Å². The number of nitrogens with zero attached hydrogens (tertiary/aromatic N) is 1. The van der Waals surface area contributed by atoms with E-state index in [1.165, 1.54) is 59.8 Å². The molecule has 3 atom stereocenters. The van der Waals surface area contributed by atoms with Crippen molar-refractivity contribution in [1.29, 1.82) is 0 Å². The van der Waals surface area contributed by atoms with Crippen molar-refractivity contribution in [2.24, 2.45) is 5.73 Å². The fourth-order valence-electron chi connectivity index (χ4n) is 5.94. The SMILES string of the molecule is C=C/C(NC(=O)[C@@H](N)[C@@H](c1ccc(F)cc1)c1cc(C)cc(F)c1)=C(CCC[C@H]1CNCCN1S(=O)(=O)c1ccccc1)\C(F)=C/C. The van der Waals surface area contributed by atoms with Gasteiger partial charge in [0.25, 0.3) is 0 Å². The summed E-state index contributed by atoms with van der Waals surface area (Å²) in [5.41, 5.74) is 8.36. The second-order valence-electron chi connectivity index (χ2n) is 11.5. The van der Waals surface area contributed by atoms with Crippen molar-refractivity contribution in [3.8, 4) is 0 Å². The van der Waals surface area contributed by atoms with Crippen LogP contribution in [0.5, 0.6) is 0 Å². The third-order valence-corrected chi connectivity index (χ3v) is 10.2. The molecule has 4 N–H and O–H groups in total. The number of amides is 1. The first-order valence-electron chi connectivity index (χ1n) is 15.5. The van der Waals surface area contributed by atoms with Crippen LogP contribution in [0, 0.1) is 18.6 Å². The fraction of sp³-hybridized carbons (Fsp3) is 0.306. The zero-order chi connectivity index (χ0) is 34.1. The maximum absolute atomic E-state index is 15.3. The Hall–Kier alpha value is -4.03. The van der Waals surface area contributed by atoms with Gasteiger partial charge in [0.15, 0.2) is 0 Å². The molecule has 11 heteroatoms. The highest BCUT2D eigenvalue weighted by Gasteiger charge is 2.33. The van der Waals surface area contributed by atoms with E-state index in [-0.39, 0.29) is 28.6 Å². The lowest BCUT2D eigenvalue weighted by atomic mass is 9.84. The van der Waals surface area contributed by atoms with Crippen molar-refractivity contribution < 1.29 is 26.4 Å². The predicted molar refractivity (Wildman–Crippen MR) is 178 cm³/mol. The smallest absolute Gasteiger partial charge is 0.243 e. The summed E-state index contributed by atoms with van der Waals surface area (Å²) in [6.45, 7) is 8.29. The van der Waals surface area contributed by atoms with Crippen LogP contribution in [0.2, 0.25) is 0 Å². The van der Waals surface area contributed by atoms with Crippen molar-refractivity contribution >= 4 is 15.9 Å². The standard InChI is InChI=1S/C36H41F3N4O3S/c1-4-32(39)31(13-9-10-29-23-41-18-19-43(29)47(45,46)30-11-7-6-8-12-30)33(5-2)42-36(44)35(40)34(25-14-16-27(37)17-15-25)26-20-24(3)21-28(38)22-26/h4-8,11-12,14-17,20-22,29,34-35,41H,2,9-10,13,18-19,23,40H2,1,3H3,(H,42,44)/b32-4+,33-31+/t29-,34-,35-/m0/s1. The van der Waals surface area contributed by atoms with Crippen molar-refractivity contribution in [3.05, 3.63) is 137 Å². The van der Waals surface area contributed by atoms with Crippen molar-refractivity contribution in [2.45, 2.75) is 56.0 Å². The van der Waals surface area contributed by atoms with E-state index >= 15 is 4.39 Å². The van der Waals surface area contributed by atoms with Gasteiger partial charge in [0.1, 0.15) is 17.5 Å². The van der Waals surface area contributed by atoms with E-state index in [1.807, 2.05) is 0 Å². The van der Waals surface area contributed by atoms with Crippen molar-refractivity contribution in [3.63, 3.8) is 0 Å². The predicted octanol–water partition coefficient (Wildman–Crippen LogP) is 6.00. The monoisotopic (exact) mass is 666 g/mol. The molecule has 1 fully saturated rings. The van der Waals surface area contributed by atoms with Gasteiger partial charge >= 0.3 is 0 Å². The average Bonchev–Trinajstić information content (AvgIpc) is 3.06. The summed E-state index contributed by atoms with van der Waals surface area (Å²) >= 11 is 0. The van der Waals surface area contributed by atoms with Crippen molar-refractivity contribution in [1.82, 2.24) is 14.9 Å². The number of nitrogens with two attached hydrogens (primary N) is 1. The van der Waals surface area contributed by atoms with Crippen molar-refractivity contribution in [2.75, 3.05) is 19.6 Å². The number of hydrogen-bond donors (Lipinski definition) is 3. The summed E-state index contributed by atoms with van der Waals surface area (Å²) in [5.74, 6) is -3.07. The Balaban J connectivity index is 1.56. The van der Waals surface area contributed by atoms with Gasteiger partial charge < -0.3 is 16.4 Å². The van der Waals surface area contributed by atoms with E-state index < -0.39 is 45.4 Å². The second-order valence-corrected chi connectivity index (χ2v) is 13.4. The quantitative estimate of drug-likeness (QED) is 0.194. The molecular formula is C36H41F3N4O3S. The molecule has 1 aliphatic rings. The van der Waals surface area contributed by atoms with E-state index in [2.05, 4.69) is 17.2 Å². The molecule has 3 aromatic carbocycles. The summed E-state index contributed by atoms with van der Waals surface area (Å²) in [7, 11) is -3.73. The highest BCUT2D eigenvalue weighted by Crippen LogP contribution is 2.31. The molecule has 3 aromatic rings. The van der Waals surface area contributed by atoms with Crippen LogP contribution in [-0.4, -0.2) is 50.3 Å². The van der Waals surface area contributed by atoms with Crippen LogP contribution in [0.4, 0.5) is 13.2 Å². The number of hydrogen-bond acceptors (Lipinski definition) is 5. The van der Waals surface area contributed by atoms with Crippen LogP contribution < -0.4 is 16.4 Å². The van der Waals surface area contributed by atoms with Gasteiger partial charge in [0, 0.05) is 42.9 Å². The van der Waals surface area contributed by atoms with E-state index in [0.717, 1.165) is 0 Å². The van der Waals surface area contributed by atoms with E-state index in [4.69, 9.17) is 5.73 Å². The lowest BCUT2D eigenvalue weighted by molar-refractivity contribution is -0.121. The maximum atomic E-state index is 15.3. The zero-order valence-electron chi connectivity index (χ0n) is 26.6. The molecule has 47 heavy (non-hydrogen) atoms. The summed E-state index contributed by atoms with van der Waals surface area (Å²) in [6, 6.07) is 16.4. The number of nitrogens with one attached hydrogen (secondary N) is 2. The molecule has 7 nitrogen and oxygen atoms in total. The Labute approximate surface area is 275 Å². The summed E-state index contributed by atoms with van der Waals surface area (Å²) in [6.07, 6.45) is 3.62. The molecule has 0 saturated carbocycles. The molecule has 0 radical (unpaired) electrons. The minimum absolute atomic E-state index is 0.116. The summed E-state index contributed by atoms with van der Waals surface area (Å²) in [5, 5.41) is 5.96. The number of allylic oxidation sites excluding steroid dienone is 4. The van der Waals surface area contributed by atoms with Gasteiger partial charge in [0.2, 0.25) is 15.9 Å². The number of aryl methyl sites for hydroxylation is 1. The first-order valence-corrected chi connectivity index (χ1v) is 16.9. The third kappa shape index (κ3) is 8.86. The number of carbonyl (C=O) groups excluding carboxylic acids is 1. The van der Waals surface area contributed by atoms with Gasteiger partial charge in [-0.15, -0.1) is 0 Å². The molecule has 0 unspecified atom stereocenters. The number of halogens is 3. The van der Waals surface area contributed by atoms with Gasteiger partial charge in [0.05, 0.1) is 10.9 Å². The van der Waals surface area contributed by atoms with Crippen LogP contribution in [0.1, 0.15) is 48.8 Å². The normalized spacial score (nSPS) is 17.8. The van der Waals surface area contributed by atoms with Gasteiger partial charge in [-0.2, -0.15) is 4.31 Å². The second kappa shape index (κ2) is 16.2. The lowest BCUT2D eigenvalue weighted by Gasteiger charge is -2.35. The largest absolute Gasteiger partial charge is 0.324 e. The number of benzene rings is 3. The number of sulfonamides is 1. The van der Waals surface area contributed by atoms with Crippen LogP contribution in [0.3, 0.4) is 0 Å². The maximum Gasteiger partial charge on any atom is 0.243 e. The van der Waals surface area contributed by atoms with E-state index in [9.17, 15) is 22.0 Å². The number of carbonyl (C=O) groups is 1. The molecule has 4 rings (SSSR count). The Bertz CT molecular complexity index is 1710. The van der Waals surface area contributed by atoms with Gasteiger partial charge in [-0.25, -0.2) is 21.6 Å². The Morgan fingerprint density at radius 1 is 1.09 bits per heavy atom. The first kappa shape index (κ1) is 35.8. The van der Waals surface area contributed by atoms with Crippen LogP contribution >= 0.6 is 0 Å². The third-order valence-electron chi connectivity index (χ3n) is 8.25. The van der Waals surface area contributed by atoms with Gasteiger partial charge in [-0.1, -0.05) is 49.1 Å². The molecule has 0 aromatic heterocycles. The first-order chi connectivity index (χ1) is 22.5. The molecule has 1 amide bonds.